The molecule has 0 aromatic rings. The minimum Gasteiger partial charge on any atom is -0.392 e. The second-order valence-electron chi connectivity index (χ2n) is 4.81. The molecule has 0 saturated heterocycles. The van der Waals surface area contributed by atoms with Crippen molar-refractivity contribution < 1.29 is 14.3 Å². The van der Waals surface area contributed by atoms with Gasteiger partial charge in [0.2, 0.25) is 0 Å². The van der Waals surface area contributed by atoms with E-state index in [1.165, 1.54) is 39.0 Å². The Hall–Kier alpha value is -0.900. The van der Waals surface area contributed by atoms with E-state index in [9.17, 15) is 9.59 Å². The number of carbonyl (C=O) groups is 2. The topological polar surface area (TPSA) is 69.4 Å². The van der Waals surface area contributed by atoms with E-state index >= 15 is 0 Å². The van der Waals surface area contributed by atoms with Gasteiger partial charge in [0.05, 0.1) is 0 Å². The fourth-order valence-corrected chi connectivity index (χ4v) is 1.66. The van der Waals surface area contributed by atoms with E-state index in [0.717, 1.165) is 19.3 Å². The van der Waals surface area contributed by atoms with Crippen molar-refractivity contribution in [3.8, 4) is 0 Å². The summed E-state index contributed by atoms with van der Waals surface area (Å²) in [7, 11) is 0. The number of nitrogens with two attached hydrogens (primary N) is 1. The van der Waals surface area contributed by atoms with Crippen molar-refractivity contribution in [2.24, 2.45) is 5.73 Å². The monoisotopic (exact) mass is 257 g/mol. The second kappa shape index (κ2) is 11.2. The van der Waals surface area contributed by atoms with Crippen LogP contribution >= 0.6 is 0 Å². The first-order valence-electron chi connectivity index (χ1n) is 7.08. The van der Waals surface area contributed by atoms with Gasteiger partial charge in [-0.15, -0.1) is 0 Å². The molecule has 0 amide bonds. The van der Waals surface area contributed by atoms with Crippen molar-refractivity contribution in [2.75, 3.05) is 0 Å². The first-order chi connectivity index (χ1) is 8.57. The Bertz CT molecular complexity index is 239. The van der Waals surface area contributed by atoms with Crippen LogP contribution in [0, 0.1) is 0 Å². The molecule has 18 heavy (non-hydrogen) atoms. The summed E-state index contributed by atoms with van der Waals surface area (Å²) in [5.41, 5.74) is 5.29. The number of hydrogen-bond acceptors (Lipinski definition) is 4. The quantitative estimate of drug-likeness (QED) is 0.371. The van der Waals surface area contributed by atoms with Crippen LogP contribution < -0.4 is 5.73 Å². The molecule has 4 nitrogen and oxygen atoms in total. The molecule has 0 aliphatic heterocycles. The predicted octanol–water partition coefficient (Wildman–Crippen LogP) is 2.93. The first-order valence-corrected chi connectivity index (χ1v) is 7.08. The summed E-state index contributed by atoms with van der Waals surface area (Å²) in [6.07, 6.45) is 9.67. The summed E-state index contributed by atoms with van der Waals surface area (Å²) < 4.78 is 4.57. The number of hydrogen-bond donors (Lipinski definition) is 1. The van der Waals surface area contributed by atoms with E-state index in [1.807, 2.05) is 0 Å². The van der Waals surface area contributed by atoms with Crippen LogP contribution in [0.1, 0.15) is 71.6 Å². The molecule has 106 valence electrons. The van der Waals surface area contributed by atoms with Crippen molar-refractivity contribution in [2.45, 2.75) is 77.7 Å². The summed E-state index contributed by atoms with van der Waals surface area (Å²) in [4.78, 5) is 22.3. The summed E-state index contributed by atoms with van der Waals surface area (Å²) in [5.74, 6) is -1.09. The lowest BCUT2D eigenvalue weighted by atomic mass is 10.1. The average Bonchev–Trinajstić information content (AvgIpc) is 2.32. The number of carbonyl (C=O) groups excluding carboxylic acids is 2. The van der Waals surface area contributed by atoms with Gasteiger partial charge in [0, 0.05) is 6.42 Å². The predicted molar refractivity (Wildman–Crippen MR) is 72.0 cm³/mol. The molecule has 0 spiro atoms. The smallest absolute Gasteiger partial charge is 0.330 e. The molecule has 0 aromatic heterocycles. The highest BCUT2D eigenvalue weighted by atomic mass is 16.6. The fraction of sp³-hybridized carbons (Fsp3) is 0.857. The van der Waals surface area contributed by atoms with Crippen molar-refractivity contribution in [3.63, 3.8) is 0 Å². The van der Waals surface area contributed by atoms with E-state index in [2.05, 4.69) is 11.7 Å². The number of ether oxygens (including phenoxy) is 1. The second-order valence-corrected chi connectivity index (χ2v) is 4.81. The zero-order valence-corrected chi connectivity index (χ0v) is 11.7. The van der Waals surface area contributed by atoms with Gasteiger partial charge in [0.15, 0.2) is 0 Å². The zero-order valence-electron chi connectivity index (χ0n) is 11.7. The highest BCUT2D eigenvalue weighted by molar-refractivity contribution is 5.87. The van der Waals surface area contributed by atoms with Crippen LogP contribution in [-0.2, 0) is 14.3 Å². The fourth-order valence-electron chi connectivity index (χ4n) is 1.66. The standard InChI is InChI=1S/C14H27NO3/c1-3-4-5-6-7-8-9-10-11-13(16)18-14(17)12(2)15/h12H,3-11,15H2,1-2H3/t12-/m0/s1. The number of esters is 2. The van der Waals surface area contributed by atoms with Crippen molar-refractivity contribution in [1.29, 1.82) is 0 Å². The molecule has 0 heterocycles. The minimum absolute atomic E-state index is 0.313. The first kappa shape index (κ1) is 17.1. The van der Waals surface area contributed by atoms with Gasteiger partial charge >= 0.3 is 11.9 Å². The zero-order chi connectivity index (χ0) is 13.8. The van der Waals surface area contributed by atoms with Gasteiger partial charge in [-0.1, -0.05) is 51.9 Å². The molecule has 0 aliphatic rings. The molecule has 0 aromatic carbocycles. The van der Waals surface area contributed by atoms with Crippen LogP contribution in [0.3, 0.4) is 0 Å². The van der Waals surface area contributed by atoms with Crippen molar-refractivity contribution in [3.05, 3.63) is 0 Å². The van der Waals surface area contributed by atoms with E-state index in [-0.39, 0.29) is 0 Å². The molecule has 0 aliphatic carbocycles. The Labute approximate surface area is 110 Å². The third-order valence-corrected chi connectivity index (χ3v) is 2.82. The minimum atomic E-state index is -0.729. The molecule has 2 N–H and O–H groups in total. The van der Waals surface area contributed by atoms with Gasteiger partial charge in [0.25, 0.3) is 0 Å². The normalized spacial score (nSPS) is 12.2. The lowest BCUT2D eigenvalue weighted by Crippen LogP contribution is -2.30. The maximum Gasteiger partial charge on any atom is 0.330 e. The molecule has 0 unspecified atom stereocenters. The van der Waals surface area contributed by atoms with E-state index in [4.69, 9.17) is 5.73 Å². The Morgan fingerprint density at radius 2 is 1.50 bits per heavy atom. The Morgan fingerprint density at radius 3 is 2.00 bits per heavy atom. The van der Waals surface area contributed by atoms with E-state index < -0.39 is 18.0 Å². The van der Waals surface area contributed by atoms with Gasteiger partial charge in [-0.05, 0) is 13.3 Å². The summed E-state index contributed by atoms with van der Waals surface area (Å²) >= 11 is 0. The van der Waals surface area contributed by atoms with Crippen LogP contribution in [0.4, 0.5) is 0 Å². The molecular weight excluding hydrogens is 230 g/mol. The Balaban J connectivity index is 3.33. The van der Waals surface area contributed by atoms with Crippen LogP contribution in [-0.4, -0.2) is 18.0 Å². The van der Waals surface area contributed by atoms with Crippen LogP contribution in [0.5, 0.6) is 0 Å². The average molecular weight is 257 g/mol. The highest BCUT2D eigenvalue weighted by Gasteiger charge is 2.13. The molecule has 1 atom stereocenters. The molecule has 0 radical (unpaired) electrons. The maximum atomic E-state index is 11.2. The lowest BCUT2D eigenvalue weighted by molar-refractivity contribution is -0.160. The molecule has 0 fully saturated rings. The van der Waals surface area contributed by atoms with Crippen LogP contribution in [0.15, 0.2) is 0 Å². The number of unbranched alkanes of at least 4 members (excludes halogenated alkanes) is 7. The SMILES string of the molecule is CCCCCCCCCCC(=O)OC(=O)[C@H](C)N. The highest BCUT2D eigenvalue weighted by Crippen LogP contribution is 2.09. The van der Waals surface area contributed by atoms with Gasteiger partial charge < -0.3 is 10.5 Å². The number of rotatable bonds is 10. The van der Waals surface area contributed by atoms with E-state index in [1.54, 1.807) is 0 Å². The third kappa shape index (κ3) is 10.3. The maximum absolute atomic E-state index is 11.2. The van der Waals surface area contributed by atoms with E-state index in [0.29, 0.717) is 6.42 Å². The van der Waals surface area contributed by atoms with Crippen molar-refractivity contribution in [1.82, 2.24) is 0 Å². The van der Waals surface area contributed by atoms with Crippen LogP contribution in [0.2, 0.25) is 0 Å². The van der Waals surface area contributed by atoms with Crippen LogP contribution in [0.25, 0.3) is 0 Å². The molecule has 0 rings (SSSR count). The van der Waals surface area contributed by atoms with Gasteiger partial charge in [-0.2, -0.15) is 0 Å². The Kier molecular flexibility index (Phi) is 10.6. The summed E-state index contributed by atoms with van der Waals surface area (Å²) in [5, 5.41) is 0. The molecule has 0 bridgehead atoms. The van der Waals surface area contributed by atoms with Gasteiger partial charge in [-0.3, -0.25) is 4.79 Å². The summed E-state index contributed by atoms with van der Waals surface area (Å²) in [6, 6.07) is -0.729. The lowest BCUT2D eigenvalue weighted by Gasteiger charge is -2.05. The molecule has 4 heteroatoms. The Morgan fingerprint density at radius 1 is 1.00 bits per heavy atom. The largest absolute Gasteiger partial charge is 0.392 e. The molecular formula is C14H27NO3. The molecule has 0 saturated carbocycles. The third-order valence-electron chi connectivity index (χ3n) is 2.82. The van der Waals surface area contributed by atoms with Gasteiger partial charge in [-0.25, -0.2) is 4.79 Å². The van der Waals surface area contributed by atoms with Gasteiger partial charge in [0.1, 0.15) is 6.04 Å². The van der Waals surface area contributed by atoms with Crippen molar-refractivity contribution >= 4 is 11.9 Å². The summed E-state index contributed by atoms with van der Waals surface area (Å²) in [6.45, 7) is 3.71.